The standard InChI is InChI=1S/C11H8ClFN4/c12-8-2-1-3-9(13)7(8)6-17-11(5-15)10(16)4-14/h1-3,17H,6,16H2/b11-10-. The minimum atomic E-state index is -0.488. The van der Waals surface area contributed by atoms with Crippen LogP contribution in [-0.2, 0) is 6.54 Å². The third-order valence-electron chi connectivity index (χ3n) is 2.01. The average Bonchev–Trinajstić information content (AvgIpc) is 2.32. The quantitative estimate of drug-likeness (QED) is 0.801. The van der Waals surface area contributed by atoms with E-state index >= 15 is 0 Å². The van der Waals surface area contributed by atoms with E-state index in [4.69, 9.17) is 27.9 Å². The monoisotopic (exact) mass is 250 g/mol. The van der Waals surface area contributed by atoms with Gasteiger partial charge in [-0.05, 0) is 12.1 Å². The summed E-state index contributed by atoms with van der Waals surface area (Å²) in [5.41, 5.74) is 5.14. The molecular formula is C11H8ClFN4. The molecule has 3 N–H and O–H groups in total. The molecule has 0 saturated heterocycles. The highest BCUT2D eigenvalue weighted by molar-refractivity contribution is 6.31. The normalized spacial score (nSPS) is 11.1. The Morgan fingerprint density at radius 1 is 1.41 bits per heavy atom. The number of hydrogen-bond acceptors (Lipinski definition) is 4. The molecule has 0 aliphatic rings. The second-order valence-corrected chi connectivity index (χ2v) is 3.47. The molecule has 0 aliphatic carbocycles. The molecular weight excluding hydrogens is 243 g/mol. The van der Waals surface area contributed by atoms with Crippen LogP contribution in [0.4, 0.5) is 4.39 Å². The van der Waals surface area contributed by atoms with Crippen LogP contribution in [0.25, 0.3) is 0 Å². The second-order valence-electron chi connectivity index (χ2n) is 3.07. The van der Waals surface area contributed by atoms with Gasteiger partial charge in [-0.25, -0.2) is 4.39 Å². The van der Waals surface area contributed by atoms with Gasteiger partial charge in [0.25, 0.3) is 0 Å². The Balaban J connectivity index is 2.89. The summed E-state index contributed by atoms with van der Waals surface area (Å²) in [6.07, 6.45) is 0. The lowest BCUT2D eigenvalue weighted by Crippen LogP contribution is -2.17. The second kappa shape index (κ2) is 5.74. The van der Waals surface area contributed by atoms with Crippen molar-refractivity contribution in [3.8, 4) is 12.1 Å². The number of allylic oxidation sites excluding steroid dienone is 2. The first-order valence-corrected chi connectivity index (χ1v) is 4.94. The number of nitrogens with two attached hydrogens (primary N) is 1. The van der Waals surface area contributed by atoms with Gasteiger partial charge in [-0.3, -0.25) is 0 Å². The maximum absolute atomic E-state index is 13.4. The Kier molecular flexibility index (Phi) is 4.33. The zero-order chi connectivity index (χ0) is 12.8. The Morgan fingerprint density at radius 2 is 2.12 bits per heavy atom. The molecule has 0 aromatic heterocycles. The van der Waals surface area contributed by atoms with Gasteiger partial charge in [0.1, 0.15) is 29.3 Å². The predicted octanol–water partition coefficient (Wildman–Crippen LogP) is 1.79. The van der Waals surface area contributed by atoms with Gasteiger partial charge < -0.3 is 11.1 Å². The van der Waals surface area contributed by atoms with Crippen LogP contribution in [0.15, 0.2) is 29.6 Å². The summed E-state index contributed by atoms with van der Waals surface area (Å²) >= 11 is 5.79. The van der Waals surface area contributed by atoms with Crippen molar-refractivity contribution < 1.29 is 4.39 Å². The van der Waals surface area contributed by atoms with Crippen molar-refractivity contribution in [3.63, 3.8) is 0 Å². The summed E-state index contributed by atoms with van der Waals surface area (Å²) in [5.74, 6) is -0.488. The van der Waals surface area contributed by atoms with Crippen LogP contribution in [0.2, 0.25) is 5.02 Å². The zero-order valence-electron chi connectivity index (χ0n) is 8.67. The third-order valence-corrected chi connectivity index (χ3v) is 2.36. The van der Waals surface area contributed by atoms with Crippen LogP contribution in [-0.4, -0.2) is 0 Å². The smallest absolute Gasteiger partial charge is 0.148 e. The largest absolute Gasteiger partial charge is 0.388 e. The molecule has 0 atom stereocenters. The van der Waals surface area contributed by atoms with Crippen molar-refractivity contribution in [2.24, 2.45) is 5.73 Å². The van der Waals surface area contributed by atoms with Crippen molar-refractivity contribution in [3.05, 3.63) is 46.0 Å². The summed E-state index contributed by atoms with van der Waals surface area (Å²) in [4.78, 5) is 0. The van der Waals surface area contributed by atoms with Crippen LogP contribution >= 0.6 is 11.6 Å². The van der Waals surface area contributed by atoms with Crippen molar-refractivity contribution in [1.29, 1.82) is 10.5 Å². The minimum absolute atomic E-state index is 0.0171. The topological polar surface area (TPSA) is 85.6 Å². The molecule has 0 bridgehead atoms. The Hall–Kier alpha value is -2.24. The van der Waals surface area contributed by atoms with Crippen molar-refractivity contribution in [2.45, 2.75) is 6.54 Å². The lowest BCUT2D eigenvalue weighted by molar-refractivity contribution is 0.602. The molecule has 0 radical (unpaired) electrons. The maximum Gasteiger partial charge on any atom is 0.148 e. The number of nitrogens with zero attached hydrogens (tertiary/aromatic N) is 2. The van der Waals surface area contributed by atoms with Gasteiger partial charge in [-0.15, -0.1) is 0 Å². The predicted molar refractivity (Wildman–Crippen MR) is 60.7 cm³/mol. The maximum atomic E-state index is 13.4. The number of halogens is 2. The van der Waals surface area contributed by atoms with Crippen LogP contribution in [0.5, 0.6) is 0 Å². The molecule has 4 nitrogen and oxygen atoms in total. The number of hydrogen-bond donors (Lipinski definition) is 2. The molecule has 1 aromatic rings. The van der Waals surface area contributed by atoms with E-state index in [1.807, 2.05) is 0 Å². The Bertz CT molecular complexity index is 519. The Labute approximate surface area is 103 Å². The van der Waals surface area contributed by atoms with Crippen LogP contribution < -0.4 is 11.1 Å². The first-order chi connectivity index (χ1) is 8.10. The first kappa shape index (κ1) is 12.8. The van der Waals surface area contributed by atoms with Crippen molar-refractivity contribution >= 4 is 11.6 Å². The van der Waals surface area contributed by atoms with Gasteiger partial charge in [0.2, 0.25) is 0 Å². The molecule has 0 heterocycles. The first-order valence-electron chi connectivity index (χ1n) is 4.56. The van der Waals surface area contributed by atoms with Crippen LogP contribution in [0.1, 0.15) is 5.56 Å². The molecule has 0 saturated carbocycles. The van der Waals surface area contributed by atoms with Gasteiger partial charge in [-0.1, -0.05) is 17.7 Å². The fraction of sp³-hybridized carbons (Fsp3) is 0.0909. The minimum Gasteiger partial charge on any atom is -0.388 e. The summed E-state index contributed by atoms with van der Waals surface area (Å²) < 4.78 is 13.4. The lowest BCUT2D eigenvalue weighted by atomic mass is 10.2. The number of benzene rings is 1. The molecule has 0 amide bonds. The van der Waals surface area contributed by atoms with E-state index in [1.54, 1.807) is 12.1 Å². The SMILES string of the molecule is N#C/C(N)=C(\C#N)NCc1c(F)cccc1Cl. The Morgan fingerprint density at radius 3 is 2.65 bits per heavy atom. The van der Waals surface area contributed by atoms with E-state index in [-0.39, 0.29) is 28.5 Å². The van der Waals surface area contributed by atoms with Crippen molar-refractivity contribution in [2.75, 3.05) is 0 Å². The van der Waals surface area contributed by atoms with E-state index in [2.05, 4.69) is 5.32 Å². The van der Waals surface area contributed by atoms with Crippen molar-refractivity contribution in [1.82, 2.24) is 5.32 Å². The van der Waals surface area contributed by atoms with E-state index in [0.717, 1.165) is 0 Å². The van der Waals surface area contributed by atoms with Gasteiger partial charge in [0, 0.05) is 17.1 Å². The highest BCUT2D eigenvalue weighted by Crippen LogP contribution is 2.18. The van der Waals surface area contributed by atoms with Gasteiger partial charge in [0.05, 0.1) is 0 Å². The molecule has 0 aliphatic heterocycles. The van der Waals surface area contributed by atoms with E-state index in [9.17, 15) is 4.39 Å². The fourth-order valence-electron chi connectivity index (χ4n) is 1.13. The molecule has 6 heteroatoms. The van der Waals surface area contributed by atoms with Gasteiger partial charge in [0.15, 0.2) is 0 Å². The summed E-state index contributed by atoms with van der Waals surface area (Å²) in [7, 11) is 0. The van der Waals surface area contributed by atoms with E-state index < -0.39 is 5.82 Å². The third kappa shape index (κ3) is 3.10. The highest BCUT2D eigenvalue weighted by atomic mass is 35.5. The molecule has 86 valence electrons. The van der Waals surface area contributed by atoms with E-state index in [0.29, 0.717) is 0 Å². The van der Waals surface area contributed by atoms with E-state index in [1.165, 1.54) is 18.2 Å². The van der Waals surface area contributed by atoms with Crippen LogP contribution in [0.3, 0.4) is 0 Å². The van der Waals surface area contributed by atoms with Gasteiger partial charge in [-0.2, -0.15) is 10.5 Å². The lowest BCUT2D eigenvalue weighted by Gasteiger charge is -2.08. The summed E-state index contributed by atoms with van der Waals surface area (Å²) in [5, 5.41) is 20.0. The fourth-order valence-corrected chi connectivity index (χ4v) is 1.36. The van der Waals surface area contributed by atoms with Gasteiger partial charge >= 0.3 is 0 Å². The summed E-state index contributed by atoms with van der Waals surface area (Å²) in [6, 6.07) is 7.61. The summed E-state index contributed by atoms with van der Waals surface area (Å²) in [6.45, 7) is -0.0171. The molecule has 1 rings (SSSR count). The number of nitrogens with one attached hydrogen (secondary N) is 1. The highest BCUT2D eigenvalue weighted by Gasteiger charge is 2.08. The molecule has 1 aromatic carbocycles. The molecule has 0 unspecified atom stereocenters. The average molecular weight is 251 g/mol. The number of nitriles is 2. The van der Waals surface area contributed by atoms with Crippen LogP contribution in [0, 0.1) is 28.5 Å². The zero-order valence-corrected chi connectivity index (χ0v) is 9.42. The molecule has 0 fully saturated rings. The number of rotatable bonds is 3. The molecule has 0 spiro atoms. The molecule has 17 heavy (non-hydrogen) atoms.